The van der Waals surface area contributed by atoms with Crippen LogP contribution in [0.3, 0.4) is 0 Å². The molecule has 1 fully saturated rings. The zero-order valence-corrected chi connectivity index (χ0v) is 58.8. The van der Waals surface area contributed by atoms with Crippen molar-refractivity contribution in [3.8, 4) is 0 Å². The summed E-state index contributed by atoms with van der Waals surface area (Å²) in [4.78, 5) is 26.7. The second-order valence-electron chi connectivity index (χ2n) is 24.9. The van der Waals surface area contributed by atoms with E-state index in [0.29, 0.717) is 12.8 Å². The lowest BCUT2D eigenvalue weighted by Gasteiger charge is -2.41. The van der Waals surface area contributed by atoms with Gasteiger partial charge in [-0.15, -0.1) is 0 Å². The number of allylic oxidation sites excluding steroid dienone is 25. The Morgan fingerprint density at radius 2 is 0.774 bits per heavy atom. The van der Waals surface area contributed by atoms with Crippen molar-refractivity contribution in [2.75, 3.05) is 13.2 Å². The molecule has 6 N–H and O–H groups in total. The zero-order valence-electron chi connectivity index (χ0n) is 58.8. The number of carbonyl (C=O) groups is 2. The van der Waals surface area contributed by atoms with Gasteiger partial charge in [-0.25, -0.2) is 0 Å². The second-order valence-corrected chi connectivity index (χ2v) is 24.9. The molecule has 1 saturated heterocycles. The Labute approximate surface area is 568 Å². The summed E-state index contributed by atoms with van der Waals surface area (Å²) in [5.41, 5.74) is 0. The van der Waals surface area contributed by atoms with Gasteiger partial charge in [0.15, 0.2) is 12.4 Å². The first-order chi connectivity index (χ1) is 45.7. The third kappa shape index (κ3) is 54.1. The SMILES string of the molecule is CC/C=C\C/C=C\C/C=C\C/C=C\C/C=C\C/C=C\CCCCCCCCCCC(=O)OC1C(OCC(NC(=O)C(O)CCCCCCCCC/C=C\C/C=C\C/C=C\C/C=C\C/C=C\C/C=C\CC)C(O)/C=C/CCCCCCCCCCC)OC(CO)C(O)C1O. The number of nitrogens with one attached hydrogen (secondary N) is 1. The van der Waals surface area contributed by atoms with Crippen molar-refractivity contribution in [3.63, 3.8) is 0 Å². The lowest BCUT2D eigenvalue weighted by molar-refractivity contribution is -0.305. The average Bonchev–Trinajstić information content (AvgIpc) is 0.842. The van der Waals surface area contributed by atoms with E-state index in [-0.39, 0.29) is 19.4 Å². The van der Waals surface area contributed by atoms with E-state index in [1.165, 1.54) is 64.2 Å². The lowest BCUT2D eigenvalue weighted by atomic mass is 9.99. The molecule has 1 amide bonds. The molecule has 0 bridgehead atoms. The molecule has 0 saturated carbocycles. The summed E-state index contributed by atoms with van der Waals surface area (Å²) in [7, 11) is 0. The molecule has 11 heteroatoms. The molecule has 1 heterocycles. The zero-order chi connectivity index (χ0) is 67.4. The number of aliphatic hydroxyl groups is 5. The fourth-order valence-electron chi connectivity index (χ4n) is 10.7. The van der Waals surface area contributed by atoms with E-state index in [9.17, 15) is 35.1 Å². The Bertz CT molecular complexity index is 2130. The molecule has 0 spiro atoms. The molecule has 11 nitrogen and oxygen atoms in total. The maximum Gasteiger partial charge on any atom is 0.306 e. The average molecular weight is 1290 g/mol. The fraction of sp³-hybridized carbons (Fsp3) is 0.659. The summed E-state index contributed by atoms with van der Waals surface area (Å²) < 4.78 is 17.7. The standard InChI is InChI=1S/C82H135NO10/c1-4-7-10-13-16-19-22-24-26-28-30-32-34-36-38-40-42-44-46-48-50-52-55-58-61-64-67-70-77(87)93-80-79(89)78(88)76(71-84)92-82(80)91-72-73(74(85)68-65-62-59-56-53-21-18-15-12-9-6-3)83-81(90)75(86)69-66-63-60-57-54-51-49-47-45-43-41-39-37-35-33-31-29-27-25-23-20-17-14-11-8-5-2/h7-8,10-11,16-17,19-20,24-27,30-33,36-39,42-45,65,68,73-76,78-80,82,84-86,88-89H,4-6,9,12-15,18,21-23,28-29,34-35,40-41,46-64,66-67,69-72H2,1-3H3,(H,83,90)/b10-7-,11-8-,19-16-,20-17-,26-24-,27-25-,32-30-,33-31-,38-36-,39-37-,44-42-,45-43-,68-65+. The smallest absolute Gasteiger partial charge is 0.306 e. The van der Waals surface area contributed by atoms with Crippen molar-refractivity contribution in [2.45, 2.75) is 333 Å². The third-order valence-electron chi connectivity index (χ3n) is 16.4. The number of amides is 1. The minimum atomic E-state index is -1.63. The minimum Gasteiger partial charge on any atom is -0.454 e. The van der Waals surface area contributed by atoms with Gasteiger partial charge in [-0.3, -0.25) is 9.59 Å². The molecule has 1 aliphatic rings. The largest absolute Gasteiger partial charge is 0.454 e. The molecule has 8 unspecified atom stereocenters. The maximum absolute atomic E-state index is 13.5. The van der Waals surface area contributed by atoms with Gasteiger partial charge in [0.1, 0.15) is 24.4 Å². The first-order valence-corrected chi connectivity index (χ1v) is 37.3. The lowest BCUT2D eigenvalue weighted by Crippen LogP contribution is -2.61. The van der Waals surface area contributed by atoms with Gasteiger partial charge < -0.3 is 45.1 Å². The van der Waals surface area contributed by atoms with Crippen LogP contribution in [0, 0.1) is 0 Å². The van der Waals surface area contributed by atoms with Gasteiger partial charge in [0.05, 0.1) is 25.4 Å². The van der Waals surface area contributed by atoms with E-state index in [0.717, 1.165) is 173 Å². The molecule has 1 rings (SSSR count). The van der Waals surface area contributed by atoms with E-state index in [2.05, 4.69) is 172 Å². The van der Waals surface area contributed by atoms with Crippen molar-refractivity contribution in [1.29, 1.82) is 0 Å². The highest BCUT2D eigenvalue weighted by molar-refractivity contribution is 5.80. The van der Waals surface area contributed by atoms with Crippen molar-refractivity contribution >= 4 is 11.9 Å². The Kier molecular flexibility index (Phi) is 62.4. The number of esters is 1. The predicted molar refractivity (Wildman–Crippen MR) is 393 cm³/mol. The van der Waals surface area contributed by atoms with Crippen molar-refractivity contribution in [1.82, 2.24) is 5.32 Å². The molecular weight excluding hydrogens is 1160 g/mol. The third-order valence-corrected chi connectivity index (χ3v) is 16.4. The Morgan fingerprint density at radius 1 is 0.430 bits per heavy atom. The van der Waals surface area contributed by atoms with Crippen LogP contribution >= 0.6 is 0 Å². The number of rotatable bonds is 62. The Morgan fingerprint density at radius 3 is 1.16 bits per heavy atom. The first kappa shape index (κ1) is 86.3. The van der Waals surface area contributed by atoms with E-state index in [4.69, 9.17) is 14.2 Å². The van der Waals surface area contributed by atoms with Gasteiger partial charge in [0, 0.05) is 6.42 Å². The van der Waals surface area contributed by atoms with Crippen LogP contribution in [0.15, 0.2) is 158 Å². The topological polar surface area (TPSA) is 175 Å². The van der Waals surface area contributed by atoms with Gasteiger partial charge in [-0.1, -0.05) is 307 Å². The summed E-state index contributed by atoms with van der Waals surface area (Å²) in [5.74, 6) is -1.22. The maximum atomic E-state index is 13.5. The van der Waals surface area contributed by atoms with Crippen LogP contribution in [-0.2, 0) is 23.8 Å². The van der Waals surface area contributed by atoms with Gasteiger partial charge in [0.25, 0.3) is 0 Å². The molecule has 0 aromatic heterocycles. The molecule has 0 aromatic carbocycles. The Hall–Kier alpha value is -4.72. The van der Waals surface area contributed by atoms with Gasteiger partial charge in [0.2, 0.25) is 5.91 Å². The number of aliphatic hydroxyl groups excluding tert-OH is 5. The number of hydrogen-bond acceptors (Lipinski definition) is 10. The van der Waals surface area contributed by atoms with Crippen LogP contribution in [-0.4, -0.2) is 99.6 Å². The van der Waals surface area contributed by atoms with E-state index < -0.39 is 67.4 Å². The van der Waals surface area contributed by atoms with Crippen LogP contribution in [0.25, 0.3) is 0 Å². The van der Waals surface area contributed by atoms with E-state index in [1.54, 1.807) is 6.08 Å². The summed E-state index contributed by atoms with van der Waals surface area (Å²) in [6.45, 7) is 5.56. The number of ether oxygens (including phenoxy) is 3. The minimum absolute atomic E-state index is 0.103. The van der Waals surface area contributed by atoms with Crippen LogP contribution < -0.4 is 5.32 Å². The van der Waals surface area contributed by atoms with Gasteiger partial charge in [-0.05, 0) is 128 Å². The second kappa shape index (κ2) is 67.3. The van der Waals surface area contributed by atoms with E-state index in [1.807, 2.05) is 6.08 Å². The summed E-state index contributed by atoms with van der Waals surface area (Å²) >= 11 is 0. The summed E-state index contributed by atoms with van der Waals surface area (Å²) in [6, 6.07) is -1.04. The summed E-state index contributed by atoms with van der Waals surface area (Å²) in [5, 5.41) is 57.3. The van der Waals surface area contributed by atoms with Crippen molar-refractivity contribution < 1.29 is 49.3 Å². The molecule has 0 radical (unpaired) electrons. The molecule has 0 aliphatic carbocycles. The molecule has 8 atom stereocenters. The molecule has 93 heavy (non-hydrogen) atoms. The molecule has 1 aliphatic heterocycles. The quantitative estimate of drug-likeness (QED) is 0.0195. The van der Waals surface area contributed by atoms with E-state index >= 15 is 0 Å². The molecule has 528 valence electrons. The highest BCUT2D eigenvalue weighted by atomic mass is 16.7. The monoisotopic (exact) mass is 1290 g/mol. The number of hydrogen-bond donors (Lipinski definition) is 6. The van der Waals surface area contributed by atoms with Crippen LogP contribution in [0.1, 0.15) is 284 Å². The van der Waals surface area contributed by atoms with Crippen LogP contribution in [0.5, 0.6) is 0 Å². The van der Waals surface area contributed by atoms with Crippen LogP contribution in [0.4, 0.5) is 0 Å². The summed E-state index contributed by atoms with van der Waals surface area (Å²) in [6.07, 6.45) is 88.5. The molecule has 0 aromatic rings. The number of unbranched alkanes of at least 4 members (excludes halogenated alkanes) is 24. The van der Waals surface area contributed by atoms with Gasteiger partial charge in [-0.2, -0.15) is 0 Å². The normalized spacial score (nSPS) is 18.8. The highest BCUT2D eigenvalue weighted by Gasteiger charge is 2.47. The fourth-order valence-corrected chi connectivity index (χ4v) is 10.7. The van der Waals surface area contributed by atoms with Crippen LogP contribution in [0.2, 0.25) is 0 Å². The van der Waals surface area contributed by atoms with Crippen molar-refractivity contribution in [2.24, 2.45) is 0 Å². The first-order valence-electron chi connectivity index (χ1n) is 37.3. The number of carbonyl (C=O) groups excluding carboxylic acids is 2. The Balaban J connectivity index is 2.55. The highest BCUT2D eigenvalue weighted by Crippen LogP contribution is 2.26. The molecular formula is C82H135NO10. The predicted octanol–water partition coefficient (Wildman–Crippen LogP) is 19.8. The van der Waals surface area contributed by atoms with Crippen molar-refractivity contribution in [3.05, 3.63) is 158 Å². The van der Waals surface area contributed by atoms with Gasteiger partial charge >= 0.3 is 5.97 Å².